The predicted octanol–water partition coefficient (Wildman–Crippen LogP) is 0.704. The maximum atomic E-state index is 12.2. The topological polar surface area (TPSA) is 74.7 Å². The Kier molecular flexibility index (Phi) is 4.48. The molecular formula is C12H13NO4S. The Labute approximate surface area is 106 Å². The minimum Gasteiger partial charge on any atom is -0.480 e. The van der Waals surface area contributed by atoms with E-state index in [1.54, 1.807) is 25.1 Å². The Morgan fingerprint density at radius 3 is 2.56 bits per heavy atom. The summed E-state index contributed by atoms with van der Waals surface area (Å²) in [5, 5.41) is 8.72. The number of carbonyl (C=O) groups is 1. The van der Waals surface area contributed by atoms with Crippen molar-refractivity contribution in [2.45, 2.75) is 11.8 Å². The van der Waals surface area contributed by atoms with Crippen LogP contribution in [0.15, 0.2) is 29.2 Å². The molecule has 18 heavy (non-hydrogen) atoms. The van der Waals surface area contributed by atoms with Gasteiger partial charge in [-0.15, -0.1) is 6.42 Å². The fraction of sp³-hybridized carbons (Fsp3) is 0.250. The minimum absolute atomic E-state index is 0.0708. The largest absolute Gasteiger partial charge is 0.480 e. The van der Waals surface area contributed by atoms with Crippen molar-refractivity contribution in [1.29, 1.82) is 0 Å². The van der Waals surface area contributed by atoms with E-state index in [2.05, 4.69) is 5.92 Å². The molecule has 0 saturated carbocycles. The van der Waals surface area contributed by atoms with Gasteiger partial charge in [0.1, 0.15) is 6.54 Å². The summed E-state index contributed by atoms with van der Waals surface area (Å²) < 4.78 is 25.3. The summed E-state index contributed by atoms with van der Waals surface area (Å²) in [6, 6.07) is 6.35. The molecule has 5 nitrogen and oxygen atoms in total. The number of aryl methyl sites for hydroxylation is 1. The molecule has 1 aromatic rings. The van der Waals surface area contributed by atoms with Gasteiger partial charge >= 0.3 is 5.97 Å². The van der Waals surface area contributed by atoms with E-state index in [9.17, 15) is 13.2 Å². The summed E-state index contributed by atoms with van der Waals surface area (Å²) in [7, 11) is -3.88. The van der Waals surface area contributed by atoms with Crippen LogP contribution in [0.3, 0.4) is 0 Å². The third kappa shape index (κ3) is 3.09. The SMILES string of the molecule is C#CCN(CC(=O)O)S(=O)(=O)c1ccccc1C. The number of sulfonamides is 1. The van der Waals surface area contributed by atoms with E-state index in [1.165, 1.54) is 6.07 Å². The molecule has 0 saturated heterocycles. The second-order valence-corrected chi connectivity index (χ2v) is 5.54. The summed E-state index contributed by atoms with van der Waals surface area (Å²) in [6.45, 7) is 0.714. The smallest absolute Gasteiger partial charge is 0.318 e. The fourth-order valence-corrected chi connectivity index (χ4v) is 2.99. The molecule has 96 valence electrons. The quantitative estimate of drug-likeness (QED) is 0.797. The molecule has 1 N–H and O–H groups in total. The second kappa shape index (κ2) is 5.67. The Bertz CT molecular complexity index is 586. The number of benzene rings is 1. The van der Waals surface area contributed by atoms with E-state index in [4.69, 9.17) is 11.5 Å². The summed E-state index contributed by atoms with van der Waals surface area (Å²) in [5.41, 5.74) is 0.546. The Morgan fingerprint density at radius 2 is 2.06 bits per heavy atom. The lowest BCUT2D eigenvalue weighted by Crippen LogP contribution is -2.36. The maximum Gasteiger partial charge on any atom is 0.318 e. The van der Waals surface area contributed by atoms with Gasteiger partial charge in [-0.2, -0.15) is 4.31 Å². The van der Waals surface area contributed by atoms with Gasteiger partial charge in [-0.05, 0) is 18.6 Å². The third-order valence-electron chi connectivity index (χ3n) is 2.29. The highest BCUT2D eigenvalue weighted by molar-refractivity contribution is 7.89. The first kappa shape index (κ1) is 14.2. The number of carboxylic acid groups (broad SMARTS) is 1. The average molecular weight is 267 g/mol. The molecule has 0 unspecified atom stereocenters. The molecule has 0 amide bonds. The lowest BCUT2D eigenvalue weighted by atomic mass is 10.2. The lowest BCUT2D eigenvalue weighted by molar-refractivity contribution is -0.137. The molecule has 0 fully saturated rings. The van der Waals surface area contributed by atoms with Crippen LogP contribution in [0.2, 0.25) is 0 Å². The van der Waals surface area contributed by atoms with Gasteiger partial charge in [-0.25, -0.2) is 8.42 Å². The van der Waals surface area contributed by atoms with Crippen molar-refractivity contribution in [3.05, 3.63) is 29.8 Å². The van der Waals surface area contributed by atoms with Crippen molar-refractivity contribution >= 4 is 16.0 Å². The molecule has 6 heteroatoms. The normalized spacial score (nSPS) is 11.2. The summed E-state index contributed by atoms with van der Waals surface area (Å²) in [4.78, 5) is 10.7. The van der Waals surface area contributed by atoms with E-state index in [-0.39, 0.29) is 11.4 Å². The molecule has 0 spiro atoms. The lowest BCUT2D eigenvalue weighted by Gasteiger charge is -2.18. The second-order valence-electron chi connectivity index (χ2n) is 3.64. The van der Waals surface area contributed by atoms with Gasteiger partial charge in [0.25, 0.3) is 0 Å². The number of terminal acetylenes is 1. The summed E-state index contributed by atoms with van der Waals surface area (Å²) in [6.07, 6.45) is 5.07. The van der Waals surface area contributed by atoms with E-state index in [0.29, 0.717) is 5.56 Å². The highest BCUT2D eigenvalue weighted by Gasteiger charge is 2.26. The molecule has 1 aromatic carbocycles. The molecule has 0 aliphatic heterocycles. The number of hydrogen-bond donors (Lipinski definition) is 1. The van der Waals surface area contributed by atoms with Gasteiger partial charge in [0, 0.05) is 0 Å². The molecular weight excluding hydrogens is 254 g/mol. The van der Waals surface area contributed by atoms with E-state index >= 15 is 0 Å². The number of rotatable bonds is 5. The van der Waals surface area contributed by atoms with E-state index < -0.39 is 22.5 Å². The highest BCUT2D eigenvalue weighted by atomic mass is 32.2. The number of hydrogen-bond acceptors (Lipinski definition) is 3. The first-order chi connectivity index (χ1) is 8.39. The molecule has 0 heterocycles. The number of carboxylic acids is 1. The zero-order chi connectivity index (χ0) is 13.8. The van der Waals surface area contributed by atoms with Crippen LogP contribution in [-0.4, -0.2) is 36.9 Å². The van der Waals surface area contributed by atoms with Gasteiger partial charge in [-0.3, -0.25) is 4.79 Å². The molecule has 0 aliphatic carbocycles. The van der Waals surface area contributed by atoms with Gasteiger partial charge in [0.2, 0.25) is 10.0 Å². The van der Waals surface area contributed by atoms with Crippen LogP contribution in [-0.2, 0) is 14.8 Å². The van der Waals surface area contributed by atoms with Crippen molar-refractivity contribution in [3.8, 4) is 12.3 Å². The zero-order valence-electron chi connectivity index (χ0n) is 9.83. The molecule has 1 rings (SSSR count). The molecule has 0 aromatic heterocycles. The van der Waals surface area contributed by atoms with Gasteiger partial charge < -0.3 is 5.11 Å². The van der Waals surface area contributed by atoms with Crippen molar-refractivity contribution in [2.75, 3.05) is 13.1 Å². The third-order valence-corrected chi connectivity index (χ3v) is 4.24. The van der Waals surface area contributed by atoms with Gasteiger partial charge in [0.15, 0.2) is 0 Å². The number of nitrogens with zero attached hydrogens (tertiary/aromatic N) is 1. The monoisotopic (exact) mass is 267 g/mol. The van der Waals surface area contributed by atoms with Crippen LogP contribution in [0.1, 0.15) is 5.56 Å². The van der Waals surface area contributed by atoms with Crippen LogP contribution < -0.4 is 0 Å². The summed E-state index contributed by atoms with van der Waals surface area (Å²) in [5.74, 6) is 0.904. The first-order valence-corrected chi connectivity index (χ1v) is 6.54. The molecule has 0 bridgehead atoms. The average Bonchev–Trinajstić information content (AvgIpc) is 2.28. The van der Waals surface area contributed by atoms with Gasteiger partial charge in [0.05, 0.1) is 11.4 Å². The van der Waals surface area contributed by atoms with Crippen molar-refractivity contribution in [1.82, 2.24) is 4.31 Å². The zero-order valence-corrected chi connectivity index (χ0v) is 10.6. The van der Waals surface area contributed by atoms with E-state index in [1.807, 2.05) is 0 Å². The van der Waals surface area contributed by atoms with Crippen molar-refractivity contribution in [3.63, 3.8) is 0 Å². The number of aliphatic carboxylic acids is 1. The Hall–Kier alpha value is -1.84. The van der Waals surface area contributed by atoms with Gasteiger partial charge in [-0.1, -0.05) is 24.1 Å². The first-order valence-electron chi connectivity index (χ1n) is 5.10. The van der Waals surface area contributed by atoms with E-state index in [0.717, 1.165) is 4.31 Å². The fourth-order valence-electron chi connectivity index (χ4n) is 1.46. The Morgan fingerprint density at radius 1 is 1.44 bits per heavy atom. The van der Waals surface area contributed by atoms with Crippen LogP contribution in [0.4, 0.5) is 0 Å². The van der Waals surface area contributed by atoms with Crippen LogP contribution >= 0.6 is 0 Å². The van der Waals surface area contributed by atoms with Crippen LogP contribution in [0.5, 0.6) is 0 Å². The maximum absolute atomic E-state index is 12.2. The van der Waals surface area contributed by atoms with Crippen molar-refractivity contribution < 1.29 is 18.3 Å². The molecule has 0 aliphatic rings. The molecule has 0 radical (unpaired) electrons. The summed E-state index contributed by atoms with van der Waals surface area (Å²) >= 11 is 0. The van der Waals surface area contributed by atoms with Crippen LogP contribution in [0, 0.1) is 19.3 Å². The standard InChI is InChI=1S/C12H13NO4S/c1-3-8-13(9-12(14)15)18(16,17)11-7-5-4-6-10(11)2/h1,4-7H,8-9H2,2H3,(H,14,15). The minimum atomic E-state index is -3.88. The molecule has 0 atom stereocenters. The van der Waals surface area contributed by atoms with Crippen LogP contribution in [0.25, 0.3) is 0 Å². The predicted molar refractivity (Wildman–Crippen MR) is 66.4 cm³/mol. The highest BCUT2D eigenvalue weighted by Crippen LogP contribution is 2.18. The Balaban J connectivity index is 3.22. The van der Waals surface area contributed by atoms with Crippen molar-refractivity contribution in [2.24, 2.45) is 0 Å².